The van der Waals surface area contributed by atoms with Gasteiger partial charge in [-0.15, -0.1) is 0 Å². The van der Waals surface area contributed by atoms with Crippen LogP contribution in [-0.2, 0) is 71.4 Å². The summed E-state index contributed by atoms with van der Waals surface area (Å²) in [6, 6.07) is -0.899. The Labute approximate surface area is 449 Å². The zero-order valence-corrected chi connectivity index (χ0v) is 46.0. The Balaban J connectivity index is 2.94. The van der Waals surface area contributed by atoms with Gasteiger partial charge in [-0.05, 0) is 83.5 Å². The van der Waals surface area contributed by atoms with E-state index in [2.05, 4.69) is 51.7 Å². The summed E-state index contributed by atoms with van der Waals surface area (Å²) in [4.78, 5) is 115. The van der Waals surface area contributed by atoms with Gasteiger partial charge in [0.25, 0.3) is 0 Å². The summed E-state index contributed by atoms with van der Waals surface area (Å²) in [6.07, 6.45) is 9.39. The third-order valence-corrected chi connectivity index (χ3v) is 12.6. The van der Waals surface area contributed by atoms with Crippen LogP contribution in [0.15, 0.2) is 0 Å². The lowest BCUT2D eigenvalue weighted by molar-refractivity contribution is -0.132. The number of unbranched alkanes of at least 4 members (excludes halogenated alkanes) is 7. The lowest BCUT2D eigenvalue weighted by Crippen LogP contribution is -2.53. The van der Waals surface area contributed by atoms with Crippen LogP contribution in [0.5, 0.6) is 0 Å². The first-order valence-electron chi connectivity index (χ1n) is 27.0. The molecule has 0 heterocycles. The third-order valence-electron chi connectivity index (χ3n) is 12.0. The van der Waals surface area contributed by atoms with Gasteiger partial charge in [0.2, 0.25) is 41.4 Å². The standard InChI is InChI=1S/C48H94N11O16P/c1-76(67,68)75-40-19-17-39(18-20-40)47(65)57-24-12-8-13-41(48(66)58-23-11-4-7-16-44(62)56-27-30-71-33-36-74-51)59(37-45(63)52-21-9-2-5-14-42(60)54-25-28-69-31-34-72-49)38-46(64)53-22-10-3-6-15-43(61)55-26-29-70-32-35-73-50/h39-41H,2-38,49-51H2,1H3,(H,52,63)(H,53,64)(H,54,60)(H,55,61)(H,56,62)(H,57,65)(H,58,66)(H,67,68). The summed E-state index contributed by atoms with van der Waals surface area (Å²) in [7, 11) is -3.63. The van der Waals surface area contributed by atoms with E-state index >= 15 is 0 Å². The van der Waals surface area contributed by atoms with Crippen LogP contribution < -0.4 is 54.9 Å². The number of hydrogen-bond donors (Lipinski definition) is 11. The fraction of sp³-hybridized carbons (Fsp3) is 0.854. The molecule has 0 saturated heterocycles. The quantitative estimate of drug-likeness (QED) is 0.0206. The Bertz CT molecular complexity index is 1580. The average molecular weight is 1110 g/mol. The molecule has 1 saturated carbocycles. The molecule has 27 nitrogen and oxygen atoms in total. The first-order valence-corrected chi connectivity index (χ1v) is 29.0. The Morgan fingerprint density at radius 1 is 0.487 bits per heavy atom. The molecule has 28 heteroatoms. The first kappa shape index (κ1) is 70.1. The monoisotopic (exact) mass is 1110 g/mol. The molecule has 0 aromatic heterocycles. The van der Waals surface area contributed by atoms with Gasteiger partial charge in [-0.2, -0.15) is 0 Å². The molecule has 14 N–H and O–H groups in total. The predicted molar refractivity (Wildman–Crippen MR) is 281 cm³/mol. The number of amides is 7. The fourth-order valence-electron chi connectivity index (χ4n) is 7.99. The first-order chi connectivity index (χ1) is 36.7. The Hall–Kier alpha value is -3.96. The van der Waals surface area contributed by atoms with Crippen LogP contribution in [0, 0.1) is 5.92 Å². The maximum absolute atomic E-state index is 14.1. The Kier molecular flexibility index (Phi) is 43.4. The minimum atomic E-state index is -3.63. The maximum Gasteiger partial charge on any atom is 0.325 e. The van der Waals surface area contributed by atoms with E-state index in [-0.39, 0.29) is 92.7 Å². The summed E-state index contributed by atoms with van der Waals surface area (Å²) in [6.45, 7) is 5.67. The third kappa shape index (κ3) is 41.2. The van der Waals surface area contributed by atoms with E-state index in [1.165, 1.54) is 0 Å². The molecule has 1 fully saturated rings. The lowest BCUT2D eigenvalue weighted by atomic mass is 9.87. The normalized spacial score (nSPS) is 15.6. The number of nitrogens with zero attached hydrogens (tertiary/aromatic N) is 1. The summed E-state index contributed by atoms with van der Waals surface area (Å²) in [5.74, 6) is 13.0. The van der Waals surface area contributed by atoms with Crippen molar-refractivity contribution >= 4 is 48.9 Å². The molecule has 0 spiro atoms. The molecule has 1 aliphatic rings. The van der Waals surface area contributed by atoms with Crippen LogP contribution in [0.25, 0.3) is 0 Å². The van der Waals surface area contributed by atoms with Gasteiger partial charge in [0.05, 0.1) is 84.7 Å². The molecule has 2 unspecified atom stereocenters. The smallest absolute Gasteiger partial charge is 0.325 e. The summed E-state index contributed by atoms with van der Waals surface area (Å²) < 4.78 is 32.8. The largest absolute Gasteiger partial charge is 0.377 e. The Morgan fingerprint density at radius 3 is 1.28 bits per heavy atom. The lowest BCUT2D eigenvalue weighted by Gasteiger charge is -2.30. The van der Waals surface area contributed by atoms with Gasteiger partial charge in [-0.25, -0.2) is 17.7 Å². The topological polar surface area (TPSA) is 387 Å². The van der Waals surface area contributed by atoms with Crippen molar-refractivity contribution in [1.29, 1.82) is 0 Å². The van der Waals surface area contributed by atoms with Gasteiger partial charge in [0.15, 0.2) is 0 Å². The van der Waals surface area contributed by atoms with E-state index < -0.39 is 13.6 Å². The molecule has 1 rings (SSSR count). The Morgan fingerprint density at radius 2 is 0.868 bits per heavy atom. The highest BCUT2D eigenvalue weighted by Crippen LogP contribution is 2.42. The van der Waals surface area contributed by atoms with Crippen LogP contribution in [0.4, 0.5) is 0 Å². The minimum absolute atomic E-state index is 0.112. The molecular weight excluding hydrogens is 1020 g/mol. The van der Waals surface area contributed by atoms with Gasteiger partial charge in [-0.1, -0.05) is 19.3 Å². The molecule has 0 aliphatic heterocycles. The minimum Gasteiger partial charge on any atom is -0.377 e. The molecule has 2 atom stereocenters. The van der Waals surface area contributed by atoms with Crippen LogP contribution in [0.3, 0.4) is 0 Å². The molecule has 0 radical (unpaired) electrons. The molecule has 76 heavy (non-hydrogen) atoms. The summed E-state index contributed by atoms with van der Waals surface area (Å²) in [5, 5.41) is 20.1. The predicted octanol–water partition coefficient (Wildman–Crippen LogP) is -0.567. The molecule has 442 valence electrons. The van der Waals surface area contributed by atoms with Crippen LogP contribution >= 0.6 is 7.60 Å². The number of carbonyl (C=O) groups is 7. The van der Waals surface area contributed by atoms with E-state index in [9.17, 15) is 43.0 Å². The van der Waals surface area contributed by atoms with E-state index in [0.29, 0.717) is 201 Å². The second-order valence-electron chi connectivity index (χ2n) is 18.5. The summed E-state index contributed by atoms with van der Waals surface area (Å²) in [5.41, 5.74) is 0. The highest BCUT2D eigenvalue weighted by atomic mass is 31.2. The van der Waals surface area contributed by atoms with Crippen LogP contribution in [0.1, 0.15) is 122 Å². The number of rotatable bonds is 50. The van der Waals surface area contributed by atoms with Crippen molar-refractivity contribution in [3.05, 3.63) is 0 Å². The molecule has 0 aromatic carbocycles. The molecule has 0 aromatic rings. The van der Waals surface area contributed by atoms with Crippen molar-refractivity contribution in [2.24, 2.45) is 23.6 Å². The number of nitrogens with two attached hydrogens (primary N) is 3. The second-order valence-corrected chi connectivity index (χ2v) is 20.3. The van der Waals surface area contributed by atoms with Crippen molar-refractivity contribution in [2.45, 2.75) is 134 Å². The van der Waals surface area contributed by atoms with Crippen LogP contribution in [0.2, 0.25) is 0 Å². The zero-order chi connectivity index (χ0) is 55.9. The molecular formula is C48H94N11O16P. The van der Waals surface area contributed by atoms with Gasteiger partial charge in [0.1, 0.15) is 0 Å². The van der Waals surface area contributed by atoms with Crippen LogP contribution in [-0.4, -0.2) is 188 Å². The summed E-state index contributed by atoms with van der Waals surface area (Å²) >= 11 is 0. The SMILES string of the molecule is CP(=O)(O)OC1CCC(C(=O)NCCCCC(C(=O)NCCCCCC(=O)NCCOCCON)N(CC(=O)NCCCCCC(=O)NCCOCCON)CC(=O)NCCCCCC(=O)NCCOCCON)CC1. The van der Waals surface area contributed by atoms with Crippen molar-refractivity contribution in [1.82, 2.24) is 42.1 Å². The number of carbonyl (C=O) groups excluding carboxylic acids is 7. The average Bonchev–Trinajstić information content (AvgIpc) is 3.38. The van der Waals surface area contributed by atoms with Gasteiger partial charge >= 0.3 is 7.60 Å². The highest BCUT2D eigenvalue weighted by Gasteiger charge is 2.31. The number of ether oxygens (including phenoxy) is 3. The van der Waals surface area contributed by atoms with Gasteiger partial charge < -0.3 is 75.4 Å². The van der Waals surface area contributed by atoms with E-state index in [1.54, 1.807) is 4.90 Å². The highest BCUT2D eigenvalue weighted by molar-refractivity contribution is 7.51. The van der Waals surface area contributed by atoms with Crippen molar-refractivity contribution < 1.29 is 76.3 Å². The van der Waals surface area contributed by atoms with E-state index in [1.807, 2.05) is 0 Å². The van der Waals surface area contributed by atoms with E-state index in [0.717, 1.165) is 6.66 Å². The van der Waals surface area contributed by atoms with Crippen molar-refractivity contribution in [2.75, 3.05) is 125 Å². The van der Waals surface area contributed by atoms with Crippen molar-refractivity contribution in [3.8, 4) is 0 Å². The maximum atomic E-state index is 14.1. The zero-order valence-electron chi connectivity index (χ0n) is 45.1. The number of hydrogen-bond acceptors (Lipinski definition) is 19. The number of nitrogens with one attached hydrogen (secondary N) is 7. The molecule has 7 amide bonds. The van der Waals surface area contributed by atoms with Gasteiger partial charge in [-0.3, -0.25) is 43.0 Å². The van der Waals surface area contributed by atoms with Gasteiger partial charge in [0, 0.05) is 77.7 Å². The molecule has 0 bridgehead atoms. The second kappa shape index (κ2) is 47.1. The fourth-order valence-corrected chi connectivity index (χ4v) is 8.75. The molecule has 1 aliphatic carbocycles. The van der Waals surface area contributed by atoms with Crippen molar-refractivity contribution in [3.63, 3.8) is 0 Å². The van der Waals surface area contributed by atoms with E-state index in [4.69, 9.17) is 36.4 Å².